The van der Waals surface area contributed by atoms with Gasteiger partial charge in [-0.3, -0.25) is 4.79 Å². The van der Waals surface area contributed by atoms with E-state index < -0.39 is 0 Å². The topological polar surface area (TPSA) is 34.9 Å². The molecule has 3 heteroatoms. The molecule has 0 radical (unpaired) electrons. The van der Waals surface area contributed by atoms with Crippen LogP contribution in [0.3, 0.4) is 0 Å². The Balaban J connectivity index is 3.00. The van der Waals surface area contributed by atoms with E-state index in [4.69, 9.17) is 0 Å². The molecule has 0 aromatic carbocycles. The first-order chi connectivity index (χ1) is 6.73. The van der Waals surface area contributed by atoms with Crippen molar-refractivity contribution < 1.29 is 4.79 Å². The average molecular weight is 208 g/mol. The number of hydrogen-bond donors (Lipinski definition) is 0. The van der Waals surface area contributed by atoms with Gasteiger partial charge in [-0.15, -0.1) is 0 Å². The lowest BCUT2D eigenvalue weighted by molar-refractivity contribution is 0.0728. The minimum atomic E-state index is -0.0319. The van der Waals surface area contributed by atoms with Gasteiger partial charge in [-0.05, 0) is 25.3 Å². The van der Waals surface area contributed by atoms with Crippen LogP contribution in [0.2, 0.25) is 0 Å². The highest BCUT2D eigenvalue weighted by Gasteiger charge is 2.28. The SMILES string of the molecule is Cc1cc(C)n(C(=O)C(C)C(C)(C)C)n1. The molecule has 0 N–H and O–H groups in total. The second kappa shape index (κ2) is 3.80. The van der Waals surface area contributed by atoms with Gasteiger partial charge >= 0.3 is 0 Å². The van der Waals surface area contributed by atoms with Crippen LogP contribution in [0, 0.1) is 25.2 Å². The molecule has 1 rings (SSSR count). The third kappa shape index (κ3) is 2.46. The molecule has 0 spiro atoms. The van der Waals surface area contributed by atoms with Crippen LogP contribution in [0.4, 0.5) is 0 Å². The van der Waals surface area contributed by atoms with Crippen molar-refractivity contribution >= 4 is 5.91 Å². The van der Waals surface area contributed by atoms with Crippen LogP contribution >= 0.6 is 0 Å². The Kier molecular flexibility index (Phi) is 3.03. The lowest BCUT2D eigenvalue weighted by Crippen LogP contribution is -2.31. The van der Waals surface area contributed by atoms with Crippen molar-refractivity contribution in [2.75, 3.05) is 0 Å². The van der Waals surface area contributed by atoms with Gasteiger partial charge in [0.2, 0.25) is 5.91 Å². The summed E-state index contributed by atoms with van der Waals surface area (Å²) in [6.45, 7) is 12.0. The molecule has 0 bridgehead atoms. The van der Waals surface area contributed by atoms with Crippen LogP contribution in [0.25, 0.3) is 0 Å². The van der Waals surface area contributed by atoms with Crippen molar-refractivity contribution in [3.8, 4) is 0 Å². The second-order valence-corrected chi connectivity index (χ2v) is 5.26. The lowest BCUT2D eigenvalue weighted by Gasteiger charge is -2.25. The Morgan fingerprint density at radius 1 is 1.40 bits per heavy atom. The van der Waals surface area contributed by atoms with E-state index in [1.807, 2.05) is 26.8 Å². The molecule has 15 heavy (non-hydrogen) atoms. The molecule has 1 aromatic heterocycles. The Morgan fingerprint density at radius 2 is 1.93 bits per heavy atom. The summed E-state index contributed by atoms with van der Waals surface area (Å²) in [5.74, 6) is 0.0450. The van der Waals surface area contributed by atoms with Crippen LogP contribution in [0.15, 0.2) is 6.07 Å². The maximum absolute atomic E-state index is 12.1. The number of nitrogens with zero attached hydrogens (tertiary/aromatic N) is 2. The van der Waals surface area contributed by atoms with Gasteiger partial charge in [-0.25, -0.2) is 4.68 Å². The van der Waals surface area contributed by atoms with Gasteiger partial charge in [-0.1, -0.05) is 27.7 Å². The summed E-state index contributed by atoms with van der Waals surface area (Å²) in [5.41, 5.74) is 1.78. The normalized spacial score (nSPS) is 14.0. The number of carbonyl (C=O) groups is 1. The number of hydrogen-bond acceptors (Lipinski definition) is 2. The molecule has 1 aromatic rings. The fourth-order valence-corrected chi connectivity index (χ4v) is 1.41. The van der Waals surface area contributed by atoms with E-state index in [1.165, 1.54) is 4.68 Å². The molecule has 1 unspecified atom stereocenters. The van der Waals surface area contributed by atoms with Gasteiger partial charge in [0.05, 0.1) is 5.69 Å². The summed E-state index contributed by atoms with van der Waals surface area (Å²) < 4.78 is 1.52. The molecule has 3 nitrogen and oxygen atoms in total. The molecule has 0 aliphatic carbocycles. The molecular weight excluding hydrogens is 188 g/mol. The van der Waals surface area contributed by atoms with E-state index in [2.05, 4.69) is 25.9 Å². The van der Waals surface area contributed by atoms with Gasteiger partial charge in [0, 0.05) is 11.6 Å². The zero-order valence-electron chi connectivity index (χ0n) is 10.5. The Morgan fingerprint density at radius 3 is 2.27 bits per heavy atom. The van der Waals surface area contributed by atoms with E-state index in [0.717, 1.165) is 11.4 Å². The third-order valence-corrected chi connectivity index (χ3v) is 2.89. The van der Waals surface area contributed by atoms with E-state index in [1.54, 1.807) is 0 Å². The smallest absolute Gasteiger partial charge is 0.250 e. The summed E-state index contributed by atoms with van der Waals surface area (Å²) in [5, 5.41) is 4.21. The maximum Gasteiger partial charge on any atom is 0.250 e. The molecule has 1 atom stereocenters. The highest BCUT2D eigenvalue weighted by molar-refractivity contribution is 5.81. The molecule has 0 saturated carbocycles. The first kappa shape index (κ1) is 12.0. The summed E-state index contributed by atoms with van der Waals surface area (Å²) >= 11 is 0. The van der Waals surface area contributed by atoms with Gasteiger partial charge in [0.25, 0.3) is 0 Å². The maximum atomic E-state index is 12.1. The summed E-state index contributed by atoms with van der Waals surface area (Å²) in [6, 6.07) is 1.92. The number of aromatic nitrogens is 2. The van der Waals surface area contributed by atoms with Gasteiger partial charge in [0.1, 0.15) is 0 Å². The van der Waals surface area contributed by atoms with Crippen molar-refractivity contribution in [1.82, 2.24) is 9.78 Å². The predicted octanol–water partition coefficient (Wildman–Crippen LogP) is 2.82. The second-order valence-electron chi connectivity index (χ2n) is 5.26. The highest BCUT2D eigenvalue weighted by atomic mass is 16.2. The minimum absolute atomic E-state index is 0.0244. The summed E-state index contributed by atoms with van der Waals surface area (Å²) in [6.07, 6.45) is 0. The molecule has 84 valence electrons. The predicted molar refractivity (Wildman–Crippen MR) is 60.9 cm³/mol. The molecule has 1 heterocycles. The number of rotatable bonds is 1. The quantitative estimate of drug-likeness (QED) is 0.711. The van der Waals surface area contributed by atoms with E-state index in [0.29, 0.717) is 0 Å². The van der Waals surface area contributed by atoms with E-state index in [-0.39, 0.29) is 17.2 Å². The van der Waals surface area contributed by atoms with E-state index in [9.17, 15) is 4.79 Å². The van der Waals surface area contributed by atoms with Gasteiger partial charge in [0.15, 0.2) is 0 Å². The fraction of sp³-hybridized carbons (Fsp3) is 0.667. The standard InChI is InChI=1S/C12H20N2O/c1-8-7-9(2)14(13-8)11(15)10(3)12(4,5)6/h7,10H,1-6H3. The Hall–Kier alpha value is -1.12. The van der Waals surface area contributed by atoms with Crippen LogP contribution in [0.1, 0.15) is 43.9 Å². The fourth-order valence-electron chi connectivity index (χ4n) is 1.41. The first-order valence-electron chi connectivity index (χ1n) is 5.31. The van der Waals surface area contributed by atoms with Crippen molar-refractivity contribution in [2.24, 2.45) is 11.3 Å². The van der Waals surface area contributed by atoms with Crippen LogP contribution < -0.4 is 0 Å². The summed E-state index contributed by atoms with van der Waals surface area (Å²) in [4.78, 5) is 12.1. The monoisotopic (exact) mass is 208 g/mol. The van der Waals surface area contributed by atoms with E-state index >= 15 is 0 Å². The molecule has 0 amide bonds. The molecule has 0 aliphatic rings. The first-order valence-corrected chi connectivity index (χ1v) is 5.31. The average Bonchev–Trinajstić information content (AvgIpc) is 2.41. The molecular formula is C12H20N2O. The highest BCUT2D eigenvalue weighted by Crippen LogP contribution is 2.26. The molecule has 0 fully saturated rings. The zero-order valence-corrected chi connectivity index (χ0v) is 10.5. The van der Waals surface area contributed by atoms with Crippen molar-refractivity contribution in [2.45, 2.75) is 41.5 Å². The van der Waals surface area contributed by atoms with Crippen LogP contribution in [0.5, 0.6) is 0 Å². The van der Waals surface area contributed by atoms with Gasteiger partial charge < -0.3 is 0 Å². The minimum Gasteiger partial charge on any atom is -0.272 e. The van der Waals surface area contributed by atoms with Gasteiger partial charge in [-0.2, -0.15) is 5.10 Å². The summed E-state index contributed by atoms with van der Waals surface area (Å²) in [7, 11) is 0. The van der Waals surface area contributed by atoms with Crippen molar-refractivity contribution in [3.63, 3.8) is 0 Å². The Bertz CT molecular complexity index is 371. The van der Waals surface area contributed by atoms with Crippen LogP contribution in [-0.2, 0) is 0 Å². The number of carbonyl (C=O) groups excluding carboxylic acids is 1. The van der Waals surface area contributed by atoms with Crippen LogP contribution in [-0.4, -0.2) is 15.7 Å². The van der Waals surface area contributed by atoms with Crippen molar-refractivity contribution in [1.29, 1.82) is 0 Å². The van der Waals surface area contributed by atoms with Crippen molar-refractivity contribution in [3.05, 3.63) is 17.5 Å². The zero-order chi connectivity index (χ0) is 11.8. The molecule has 0 aliphatic heterocycles. The number of aryl methyl sites for hydroxylation is 2. The Labute approximate surface area is 91.5 Å². The largest absolute Gasteiger partial charge is 0.272 e. The molecule has 0 saturated heterocycles. The third-order valence-electron chi connectivity index (χ3n) is 2.89. The lowest BCUT2D eigenvalue weighted by atomic mass is 9.81.